The smallest absolute Gasteiger partial charge is 0.150 e. The van der Waals surface area contributed by atoms with Crippen LogP contribution in [0.1, 0.15) is 34.4 Å². The quantitative estimate of drug-likeness (QED) is 0.666. The molecule has 0 amide bonds. The Balaban J connectivity index is 1.88. The van der Waals surface area contributed by atoms with E-state index in [0.717, 1.165) is 42.3 Å². The second-order valence-corrected chi connectivity index (χ2v) is 5.80. The van der Waals surface area contributed by atoms with Gasteiger partial charge < -0.3 is 4.57 Å². The Morgan fingerprint density at radius 2 is 2.25 bits per heavy atom. The van der Waals surface area contributed by atoms with Crippen molar-refractivity contribution in [3.8, 4) is 0 Å². The monoisotopic (exact) mass is 284 g/mol. The van der Waals surface area contributed by atoms with E-state index in [0.29, 0.717) is 5.56 Å². The van der Waals surface area contributed by atoms with Crippen molar-refractivity contribution >= 4 is 28.5 Å². The van der Waals surface area contributed by atoms with E-state index in [4.69, 9.17) is 0 Å². The number of hydrogen-bond donors (Lipinski definition) is 0. The Morgan fingerprint density at radius 3 is 3.05 bits per heavy atom. The molecule has 2 aromatic heterocycles. The highest BCUT2D eigenvalue weighted by Gasteiger charge is 2.06. The number of aldehydes is 1. The molecule has 0 fully saturated rings. The van der Waals surface area contributed by atoms with Gasteiger partial charge in [-0.3, -0.25) is 4.79 Å². The molecule has 20 heavy (non-hydrogen) atoms. The molecule has 4 heteroatoms. The zero-order valence-electron chi connectivity index (χ0n) is 11.4. The molecular formula is C16H16N2OS. The lowest BCUT2D eigenvalue weighted by atomic mass is 10.2. The van der Waals surface area contributed by atoms with Gasteiger partial charge in [-0.15, -0.1) is 11.3 Å². The second kappa shape index (κ2) is 5.59. The average molecular weight is 284 g/mol. The molecule has 0 aliphatic carbocycles. The Bertz CT molecular complexity index is 742. The topological polar surface area (TPSA) is 34.9 Å². The molecule has 0 saturated carbocycles. The molecule has 102 valence electrons. The fourth-order valence-electron chi connectivity index (χ4n) is 2.35. The van der Waals surface area contributed by atoms with Gasteiger partial charge in [-0.1, -0.05) is 6.92 Å². The molecule has 0 saturated heterocycles. The van der Waals surface area contributed by atoms with E-state index in [1.165, 1.54) is 5.01 Å². The summed E-state index contributed by atoms with van der Waals surface area (Å²) in [6.07, 6.45) is 5.12. The number of carbonyl (C=O) groups is 1. The van der Waals surface area contributed by atoms with E-state index in [2.05, 4.69) is 28.1 Å². The minimum Gasteiger partial charge on any atom is -0.341 e. The van der Waals surface area contributed by atoms with Gasteiger partial charge in [0.2, 0.25) is 0 Å². The van der Waals surface area contributed by atoms with Crippen molar-refractivity contribution in [3.63, 3.8) is 0 Å². The number of nitrogens with zero attached hydrogens (tertiary/aromatic N) is 2. The van der Waals surface area contributed by atoms with Crippen molar-refractivity contribution in [3.05, 3.63) is 52.1 Å². The van der Waals surface area contributed by atoms with E-state index in [1.54, 1.807) is 11.3 Å². The van der Waals surface area contributed by atoms with Crippen LogP contribution < -0.4 is 0 Å². The number of rotatable bonds is 5. The summed E-state index contributed by atoms with van der Waals surface area (Å²) in [7, 11) is 0. The molecule has 0 aliphatic heterocycles. The predicted octanol–water partition coefficient (Wildman–Crippen LogP) is 3.91. The minimum absolute atomic E-state index is 0.717. The first-order valence-corrected chi connectivity index (χ1v) is 7.65. The zero-order chi connectivity index (χ0) is 13.9. The average Bonchev–Trinajstić information content (AvgIpc) is 3.07. The van der Waals surface area contributed by atoms with Gasteiger partial charge in [-0.25, -0.2) is 4.98 Å². The molecule has 0 radical (unpaired) electrons. The highest BCUT2D eigenvalue weighted by Crippen LogP contribution is 2.19. The number of aryl methyl sites for hydroxylation is 1. The molecule has 0 unspecified atom stereocenters. The highest BCUT2D eigenvalue weighted by molar-refractivity contribution is 7.09. The molecule has 0 spiro atoms. The van der Waals surface area contributed by atoms with E-state index < -0.39 is 0 Å². The Kier molecular flexibility index (Phi) is 3.65. The molecule has 0 atom stereocenters. The van der Waals surface area contributed by atoms with Crippen molar-refractivity contribution in [2.75, 3.05) is 0 Å². The van der Waals surface area contributed by atoms with Crippen LogP contribution in [-0.4, -0.2) is 15.8 Å². The van der Waals surface area contributed by atoms with Crippen LogP contribution >= 0.6 is 11.3 Å². The summed E-state index contributed by atoms with van der Waals surface area (Å²) < 4.78 is 2.18. The molecule has 3 aromatic rings. The minimum atomic E-state index is 0.717. The Morgan fingerprint density at radius 1 is 1.35 bits per heavy atom. The third kappa shape index (κ3) is 2.51. The number of fused-ring (bicyclic) bond motifs is 1. The maximum absolute atomic E-state index is 10.8. The number of thiazole rings is 1. The van der Waals surface area contributed by atoms with Crippen molar-refractivity contribution in [1.29, 1.82) is 0 Å². The summed E-state index contributed by atoms with van der Waals surface area (Å²) in [5, 5.41) is 4.44. The van der Waals surface area contributed by atoms with Crippen LogP contribution in [0.5, 0.6) is 0 Å². The lowest BCUT2D eigenvalue weighted by Crippen LogP contribution is -1.98. The largest absolute Gasteiger partial charge is 0.341 e. The van der Waals surface area contributed by atoms with E-state index in [9.17, 15) is 4.79 Å². The maximum Gasteiger partial charge on any atom is 0.150 e. The number of carbonyl (C=O) groups excluding carboxylic acids is 1. The summed E-state index contributed by atoms with van der Waals surface area (Å²) in [6.45, 7) is 2.95. The summed E-state index contributed by atoms with van der Waals surface area (Å²) in [6, 6.07) is 7.82. The van der Waals surface area contributed by atoms with Gasteiger partial charge in [0.05, 0.1) is 17.2 Å². The van der Waals surface area contributed by atoms with Crippen molar-refractivity contribution in [1.82, 2.24) is 9.55 Å². The van der Waals surface area contributed by atoms with Gasteiger partial charge in [0.1, 0.15) is 6.29 Å². The first-order chi connectivity index (χ1) is 9.80. The third-order valence-electron chi connectivity index (χ3n) is 3.33. The highest BCUT2D eigenvalue weighted by atomic mass is 32.1. The number of hydrogen-bond acceptors (Lipinski definition) is 3. The molecule has 1 aromatic carbocycles. The van der Waals surface area contributed by atoms with Gasteiger partial charge in [0, 0.05) is 28.0 Å². The van der Waals surface area contributed by atoms with E-state index in [1.807, 2.05) is 24.3 Å². The normalized spacial score (nSPS) is 11.1. The molecule has 0 aliphatic rings. The van der Waals surface area contributed by atoms with Crippen LogP contribution in [0.4, 0.5) is 0 Å². The van der Waals surface area contributed by atoms with Gasteiger partial charge >= 0.3 is 0 Å². The lowest BCUT2D eigenvalue weighted by molar-refractivity contribution is 0.112. The fourth-order valence-corrected chi connectivity index (χ4v) is 3.25. The maximum atomic E-state index is 10.8. The molecule has 0 bridgehead atoms. The van der Waals surface area contributed by atoms with E-state index >= 15 is 0 Å². The fraction of sp³-hybridized carbons (Fsp3) is 0.250. The Hall–Kier alpha value is -1.94. The van der Waals surface area contributed by atoms with Crippen LogP contribution in [0.15, 0.2) is 35.8 Å². The van der Waals surface area contributed by atoms with Crippen LogP contribution in [0.2, 0.25) is 0 Å². The second-order valence-electron chi connectivity index (χ2n) is 4.86. The lowest BCUT2D eigenvalue weighted by Gasteiger charge is -2.03. The molecule has 2 heterocycles. The number of benzene rings is 1. The van der Waals surface area contributed by atoms with Gasteiger partial charge in [-0.05, 0) is 37.1 Å². The molecular weight excluding hydrogens is 268 g/mol. The van der Waals surface area contributed by atoms with Crippen LogP contribution in [-0.2, 0) is 13.0 Å². The summed E-state index contributed by atoms with van der Waals surface area (Å²) >= 11 is 1.74. The van der Waals surface area contributed by atoms with Gasteiger partial charge in [-0.2, -0.15) is 0 Å². The predicted molar refractivity (Wildman–Crippen MR) is 82.5 cm³/mol. The van der Waals surface area contributed by atoms with Gasteiger partial charge in [0.25, 0.3) is 0 Å². The first kappa shape index (κ1) is 13.1. The SMILES string of the molecule is CCCc1nc(Cn2ccc3cc(C=O)ccc32)cs1. The Labute approximate surface area is 121 Å². The first-order valence-electron chi connectivity index (χ1n) is 6.77. The standard InChI is InChI=1S/C16H16N2OS/c1-2-3-16-17-14(11-20-16)9-18-7-6-13-8-12(10-19)4-5-15(13)18/h4-8,10-11H,2-3,9H2,1H3. The third-order valence-corrected chi connectivity index (χ3v) is 4.28. The van der Waals surface area contributed by atoms with Crippen molar-refractivity contribution in [2.45, 2.75) is 26.3 Å². The molecule has 3 nitrogen and oxygen atoms in total. The summed E-state index contributed by atoms with van der Waals surface area (Å²) in [4.78, 5) is 15.5. The van der Waals surface area contributed by atoms with Crippen LogP contribution in [0.3, 0.4) is 0 Å². The van der Waals surface area contributed by atoms with E-state index in [-0.39, 0.29) is 0 Å². The van der Waals surface area contributed by atoms with Crippen LogP contribution in [0.25, 0.3) is 10.9 Å². The molecule has 3 rings (SSSR count). The van der Waals surface area contributed by atoms with Crippen LogP contribution in [0, 0.1) is 0 Å². The van der Waals surface area contributed by atoms with Gasteiger partial charge in [0.15, 0.2) is 0 Å². The van der Waals surface area contributed by atoms with Crippen molar-refractivity contribution < 1.29 is 4.79 Å². The van der Waals surface area contributed by atoms with Crippen molar-refractivity contribution in [2.24, 2.45) is 0 Å². The summed E-state index contributed by atoms with van der Waals surface area (Å²) in [5.41, 5.74) is 2.96. The number of aromatic nitrogens is 2. The summed E-state index contributed by atoms with van der Waals surface area (Å²) in [5.74, 6) is 0. The zero-order valence-corrected chi connectivity index (χ0v) is 12.2. The molecule has 0 N–H and O–H groups in total.